The van der Waals surface area contributed by atoms with Gasteiger partial charge in [-0.15, -0.1) is 0 Å². The number of anilines is 1. The Balaban J connectivity index is 2.01. The topological polar surface area (TPSA) is 43.9 Å². The molecule has 2 amide bonds. The number of halogens is 3. The smallest absolute Gasteiger partial charge is 0.340 e. The monoisotopic (exact) mass is 371 g/mol. The highest BCUT2D eigenvalue weighted by Gasteiger charge is 2.31. The van der Waals surface area contributed by atoms with Crippen LogP contribution in [-0.4, -0.2) is 60.9 Å². The van der Waals surface area contributed by atoms with Crippen LogP contribution >= 0.6 is 0 Å². The highest BCUT2D eigenvalue weighted by atomic mass is 19.4. The summed E-state index contributed by atoms with van der Waals surface area (Å²) in [7, 11) is 0. The SMILES string of the molecule is CCN1CCN(C(=O)CCN(C(C)=O)c2cccc(C(F)(F)F)c2)CC1. The van der Waals surface area contributed by atoms with Gasteiger partial charge < -0.3 is 14.7 Å². The van der Waals surface area contributed by atoms with E-state index >= 15 is 0 Å². The van der Waals surface area contributed by atoms with E-state index in [0.29, 0.717) is 13.1 Å². The predicted molar refractivity (Wildman–Crippen MR) is 92.8 cm³/mol. The maximum Gasteiger partial charge on any atom is 0.416 e. The second-order valence-corrected chi connectivity index (χ2v) is 6.28. The summed E-state index contributed by atoms with van der Waals surface area (Å²) < 4.78 is 38.6. The first-order valence-electron chi connectivity index (χ1n) is 8.68. The van der Waals surface area contributed by atoms with Crippen molar-refractivity contribution in [1.29, 1.82) is 0 Å². The van der Waals surface area contributed by atoms with Crippen LogP contribution in [0.3, 0.4) is 0 Å². The fourth-order valence-corrected chi connectivity index (χ4v) is 3.00. The van der Waals surface area contributed by atoms with E-state index in [2.05, 4.69) is 11.8 Å². The van der Waals surface area contributed by atoms with Gasteiger partial charge in [0, 0.05) is 51.8 Å². The molecule has 0 bridgehead atoms. The van der Waals surface area contributed by atoms with E-state index in [4.69, 9.17) is 0 Å². The van der Waals surface area contributed by atoms with E-state index in [1.54, 1.807) is 4.90 Å². The second kappa shape index (κ2) is 8.53. The molecule has 0 atom stereocenters. The molecule has 26 heavy (non-hydrogen) atoms. The second-order valence-electron chi connectivity index (χ2n) is 6.28. The number of amides is 2. The number of hydrogen-bond acceptors (Lipinski definition) is 3. The number of carbonyl (C=O) groups excluding carboxylic acids is 2. The van der Waals surface area contributed by atoms with Gasteiger partial charge in [-0.3, -0.25) is 9.59 Å². The van der Waals surface area contributed by atoms with Crippen LogP contribution in [0.5, 0.6) is 0 Å². The highest BCUT2D eigenvalue weighted by Crippen LogP contribution is 2.31. The van der Waals surface area contributed by atoms with Gasteiger partial charge in [-0.1, -0.05) is 13.0 Å². The largest absolute Gasteiger partial charge is 0.416 e. The van der Waals surface area contributed by atoms with Crippen LogP contribution in [0.15, 0.2) is 24.3 Å². The van der Waals surface area contributed by atoms with Gasteiger partial charge in [0.15, 0.2) is 0 Å². The average molecular weight is 371 g/mol. The van der Waals surface area contributed by atoms with Crippen molar-refractivity contribution in [2.45, 2.75) is 26.4 Å². The Labute approximate surface area is 151 Å². The molecule has 1 saturated heterocycles. The van der Waals surface area contributed by atoms with Gasteiger partial charge in [0.25, 0.3) is 0 Å². The van der Waals surface area contributed by atoms with Gasteiger partial charge in [0.1, 0.15) is 0 Å². The fourth-order valence-electron chi connectivity index (χ4n) is 3.00. The first-order valence-corrected chi connectivity index (χ1v) is 8.68. The van der Waals surface area contributed by atoms with Crippen LogP contribution in [0.25, 0.3) is 0 Å². The van der Waals surface area contributed by atoms with Gasteiger partial charge in [0.05, 0.1) is 5.56 Å². The molecular weight excluding hydrogens is 347 g/mol. The molecule has 0 spiro atoms. The Morgan fingerprint density at radius 2 is 1.81 bits per heavy atom. The predicted octanol–water partition coefficient (Wildman–Crippen LogP) is 2.61. The minimum Gasteiger partial charge on any atom is -0.340 e. The Morgan fingerprint density at radius 3 is 2.35 bits per heavy atom. The lowest BCUT2D eigenvalue weighted by Gasteiger charge is -2.34. The molecule has 0 aromatic heterocycles. The lowest BCUT2D eigenvalue weighted by molar-refractivity contribution is -0.137. The number of hydrogen-bond donors (Lipinski definition) is 0. The summed E-state index contributed by atoms with van der Waals surface area (Å²) in [6, 6.07) is 4.60. The summed E-state index contributed by atoms with van der Waals surface area (Å²) >= 11 is 0. The molecule has 8 heteroatoms. The summed E-state index contributed by atoms with van der Waals surface area (Å²) in [6.07, 6.45) is -4.39. The van der Waals surface area contributed by atoms with E-state index in [1.165, 1.54) is 24.0 Å². The third-order valence-corrected chi connectivity index (χ3v) is 4.59. The zero-order valence-electron chi connectivity index (χ0n) is 15.1. The van der Waals surface area contributed by atoms with Crippen LogP contribution in [-0.2, 0) is 15.8 Å². The maximum atomic E-state index is 12.9. The minimum absolute atomic E-state index is 0.0590. The third-order valence-electron chi connectivity index (χ3n) is 4.59. The molecule has 1 aliphatic heterocycles. The standard InChI is InChI=1S/C18H24F3N3O2/c1-3-22-9-11-23(12-10-22)17(26)7-8-24(14(2)25)16-6-4-5-15(13-16)18(19,20)21/h4-6,13H,3,7-12H2,1-2H3. The fraction of sp³-hybridized carbons (Fsp3) is 0.556. The average Bonchev–Trinajstić information content (AvgIpc) is 2.61. The van der Waals surface area contributed by atoms with Crippen molar-refractivity contribution >= 4 is 17.5 Å². The first kappa shape index (κ1) is 20.2. The van der Waals surface area contributed by atoms with E-state index < -0.39 is 17.6 Å². The molecule has 0 unspecified atom stereocenters. The van der Waals surface area contributed by atoms with Crippen molar-refractivity contribution in [3.8, 4) is 0 Å². The van der Waals surface area contributed by atoms with E-state index in [9.17, 15) is 22.8 Å². The number of alkyl halides is 3. The number of rotatable bonds is 5. The Hall–Kier alpha value is -2.09. The molecule has 144 valence electrons. The van der Waals surface area contributed by atoms with E-state index in [1.807, 2.05) is 0 Å². The van der Waals surface area contributed by atoms with Crippen molar-refractivity contribution in [3.63, 3.8) is 0 Å². The summed E-state index contributed by atoms with van der Waals surface area (Å²) in [4.78, 5) is 29.5. The van der Waals surface area contributed by atoms with Crippen LogP contribution in [0.1, 0.15) is 25.8 Å². The van der Waals surface area contributed by atoms with Crippen LogP contribution in [0.2, 0.25) is 0 Å². The number of nitrogens with zero attached hydrogens (tertiary/aromatic N) is 3. The Morgan fingerprint density at radius 1 is 1.15 bits per heavy atom. The highest BCUT2D eigenvalue weighted by molar-refractivity contribution is 5.92. The zero-order valence-corrected chi connectivity index (χ0v) is 15.1. The molecule has 0 N–H and O–H groups in total. The maximum absolute atomic E-state index is 12.9. The van der Waals surface area contributed by atoms with Crippen LogP contribution in [0.4, 0.5) is 18.9 Å². The number of carbonyl (C=O) groups is 2. The third kappa shape index (κ3) is 5.20. The molecule has 0 aliphatic carbocycles. The van der Waals surface area contributed by atoms with Crippen LogP contribution in [0, 0.1) is 0 Å². The minimum atomic E-state index is -4.48. The van der Waals surface area contributed by atoms with Crippen molar-refractivity contribution in [1.82, 2.24) is 9.80 Å². The molecule has 1 fully saturated rings. The molecule has 1 aromatic carbocycles. The Bertz CT molecular complexity index is 641. The van der Waals surface area contributed by atoms with Gasteiger partial charge in [-0.05, 0) is 24.7 Å². The molecule has 5 nitrogen and oxygen atoms in total. The van der Waals surface area contributed by atoms with Gasteiger partial charge in [-0.2, -0.15) is 13.2 Å². The summed E-state index contributed by atoms with van der Waals surface area (Å²) in [5, 5.41) is 0. The lowest BCUT2D eigenvalue weighted by atomic mass is 10.1. The van der Waals surface area contributed by atoms with Crippen molar-refractivity contribution in [2.75, 3.05) is 44.2 Å². The lowest BCUT2D eigenvalue weighted by Crippen LogP contribution is -2.49. The molecule has 0 saturated carbocycles. The summed E-state index contributed by atoms with van der Waals surface area (Å²) in [5.74, 6) is -0.480. The molecular formula is C18H24F3N3O2. The molecule has 1 heterocycles. The molecule has 0 radical (unpaired) electrons. The van der Waals surface area contributed by atoms with Gasteiger partial charge in [0.2, 0.25) is 11.8 Å². The van der Waals surface area contributed by atoms with Crippen molar-refractivity contribution in [2.24, 2.45) is 0 Å². The normalized spacial score (nSPS) is 15.8. The number of likely N-dealkylation sites (N-methyl/N-ethyl adjacent to an activating group) is 1. The van der Waals surface area contributed by atoms with Crippen molar-refractivity contribution < 1.29 is 22.8 Å². The van der Waals surface area contributed by atoms with E-state index in [0.717, 1.165) is 31.8 Å². The van der Waals surface area contributed by atoms with E-state index in [-0.39, 0.29) is 24.6 Å². The summed E-state index contributed by atoms with van der Waals surface area (Å²) in [6.45, 7) is 7.24. The van der Waals surface area contributed by atoms with Crippen LogP contribution < -0.4 is 4.90 Å². The van der Waals surface area contributed by atoms with Crippen molar-refractivity contribution in [3.05, 3.63) is 29.8 Å². The molecule has 1 aromatic rings. The quantitative estimate of drug-likeness (QED) is 0.799. The summed E-state index contributed by atoms with van der Waals surface area (Å²) in [5.41, 5.74) is -0.667. The number of piperazine rings is 1. The molecule has 2 rings (SSSR count). The van der Waals surface area contributed by atoms with Gasteiger partial charge >= 0.3 is 6.18 Å². The molecule has 1 aliphatic rings. The number of benzene rings is 1. The Kier molecular flexibility index (Phi) is 6.63. The zero-order chi connectivity index (χ0) is 19.3. The van der Waals surface area contributed by atoms with Gasteiger partial charge in [-0.25, -0.2) is 0 Å². The first-order chi connectivity index (χ1) is 12.2.